The molecule has 0 bridgehead atoms. The van der Waals surface area contributed by atoms with E-state index in [4.69, 9.17) is 0 Å². The highest BCUT2D eigenvalue weighted by atomic mass is 32.1. The van der Waals surface area contributed by atoms with Crippen molar-refractivity contribution in [1.29, 1.82) is 0 Å². The Morgan fingerprint density at radius 3 is 2.65 bits per heavy atom. The van der Waals surface area contributed by atoms with E-state index in [1.165, 1.54) is 22.3 Å². The van der Waals surface area contributed by atoms with Gasteiger partial charge in [0.25, 0.3) is 0 Å². The lowest BCUT2D eigenvalue weighted by Crippen LogP contribution is -1.95. The molecule has 0 fully saturated rings. The molecule has 0 atom stereocenters. The first-order valence-electron chi connectivity index (χ1n) is 6.99. The van der Waals surface area contributed by atoms with Crippen LogP contribution in [0.2, 0.25) is 0 Å². The molecule has 2 heterocycles. The number of hydrogen-bond acceptors (Lipinski definition) is 2. The summed E-state index contributed by atoms with van der Waals surface area (Å²) in [6.45, 7) is 6.57. The van der Waals surface area contributed by atoms with Crippen molar-refractivity contribution in [2.45, 2.75) is 33.6 Å². The van der Waals surface area contributed by atoms with E-state index in [9.17, 15) is 0 Å². The molecule has 0 saturated heterocycles. The van der Waals surface area contributed by atoms with Gasteiger partial charge in [-0.2, -0.15) is 11.3 Å². The predicted molar refractivity (Wildman–Crippen MR) is 89.9 cm³/mol. The third-order valence-electron chi connectivity index (χ3n) is 3.38. The molecule has 0 N–H and O–H groups in total. The van der Waals surface area contributed by atoms with Crippen LogP contribution in [-0.4, -0.2) is 4.98 Å². The Morgan fingerprint density at radius 1 is 1.20 bits per heavy atom. The molecule has 0 unspecified atom stereocenters. The van der Waals surface area contributed by atoms with E-state index in [0.29, 0.717) is 0 Å². The summed E-state index contributed by atoms with van der Waals surface area (Å²) in [6, 6.07) is 6.36. The van der Waals surface area contributed by atoms with Gasteiger partial charge in [0.2, 0.25) is 0 Å². The van der Waals surface area contributed by atoms with Crippen molar-refractivity contribution in [3.63, 3.8) is 0 Å². The molecule has 2 rings (SSSR count). The molecule has 0 aliphatic heterocycles. The Balaban J connectivity index is 2.14. The van der Waals surface area contributed by atoms with Crippen LogP contribution in [0, 0.1) is 0 Å². The highest BCUT2D eigenvalue weighted by Crippen LogP contribution is 2.16. The van der Waals surface area contributed by atoms with Crippen LogP contribution in [0.4, 0.5) is 0 Å². The first kappa shape index (κ1) is 14.7. The van der Waals surface area contributed by atoms with Crippen LogP contribution in [0.3, 0.4) is 0 Å². The zero-order valence-electron chi connectivity index (χ0n) is 12.4. The molecule has 0 radical (unpaired) electrons. The molecular formula is C18H21NS. The molecule has 2 heteroatoms. The monoisotopic (exact) mass is 283 g/mol. The highest BCUT2D eigenvalue weighted by Gasteiger charge is 2.01. The Kier molecular flexibility index (Phi) is 5.31. The van der Waals surface area contributed by atoms with Crippen molar-refractivity contribution < 1.29 is 0 Å². The van der Waals surface area contributed by atoms with Gasteiger partial charge in [0, 0.05) is 18.3 Å². The lowest BCUT2D eigenvalue weighted by atomic mass is 10.0. The lowest BCUT2D eigenvalue weighted by Gasteiger charge is -2.07. The summed E-state index contributed by atoms with van der Waals surface area (Å²) in [6.07, 6.45) is 8.26. The van der Waals surface area contributed by atoms with Gasteiger partial charge in [-0.25, -0.2) is 0 Å². The normalized spacial score (nSPS) is 10.9. The van der Waals surface area contributed by atoms with Crippen molar-refractivity contribution in [2.24, 2.45) is 0 Å². The summed E-state index contributed by atoms with van der Waals surface area (Å²) in [7, 11) is 0. The van der Waals surface area contributed by atoms with E-state index in [1.807, 2.05) is 6.20 Å². The van der Waals surface area contributed by atoms with E-state index in [1.54, 1.807) is 11.3 Å². The van der Waals surface area contributed by atoms with Gasteiger partial charge in [-0.15, -0.1) is 0 Å². The Bertz CT molecular complexity index is 602. The summed E-state index contributed by atoms with van der Waals surface area (Å²) in [5.41, 5.74) is 6.51. The van der Waals surface area contributed by atoms with Gasteiger partial charge >= 0.3 is 0 Å². The number of aromatic nitrogens is 1. The van der Waals surface area contributed by atoms with Gasteiger partial charge in [-0.05, 0) is 60.4 Å². The smallest absolute Gasteiger partial charge is 0.0450 e. The average Bonchev–Trinajstić information content (AvgIpc) is 2.96. The molecule has 2 aromatic heterocycles. The van der Waals surface area contributed by atoms with E-state index < -0.39 is 0 Å². The third-order valence-corrected chi connectivity index (χ3v) is 4.08. The summed E-state index contributed by atoms with van der Waals surface area (Å²) in [5, 5.41) is 4.25. The predicted octanol–water partition coefficient (Wildman–Crippen LogP) is 5.60. The minimum Gasteiger partial charge on any atom is -0.261 e. The molecular weight excluding hydrogens is 262 g/mol. The number of nitrogens with zero attached hydrogens (tertiary/aromatic N) is 1. The van der Waals surface area contributed by atoms with Gasteiger partial charge < -0.3 is 0 Å². The summed E-state index contributed by atoms with van der Waals surface area (Å²) in [4.78, 5) is 4.49. The summed E-state index contributed by atoms with van der Waals surface area (Å²) in [5.74, 6) is 0. The minimum atomic E-state index is 0.957. The molecule has 20 heavy (non-hydrogen) atoms. The van der Waals surface area contributed by atoms with Crippen LogP contribution in [-0.2, 0) is 6.42 Å². The van der Waals surface area contributed by atoms with Crippen LogP contribution in [0.25, 0.3) is 12.2 Å². The van der Waals surface area contributed by atoms with Gasteiger partial charge in [0.15, 0.2) is 0 Å². The van der Waals surface area contributed by atoms with E-state index in [0.717, 1.165) is 18.5 Å². The Morgan fingerprint density at radius 2 is 2.00 bits per heavy atom. The fourth-order valence-electron chi connectivity index (χ4n) is 2.13. The van der Waals surface area contributed by atoms with E-state index >= 15 is 0 Å². The number of rotatable bonds is 5. The molecule has 0 spiro atoms. The fraction of sp³-hybridized carbons (Fsp3) is 0.278. The van der Waals surface area contributed by atoms with Crippen molar-refractivity contribution in [2.75, 3.05) is 0 Å². The largest absolute Gasteiger partial charge is 0.261 e. The van der Waals surface area contributed by atoms with Crippen LogP contribution in [0.5, 0.6) is 0 Å². The Labute approximate surface area is 125 Å². The second-order valence-electron chi connectivity index (χ2n) is 5.10. The molecule has 104 valence electrons. The van der Waals surface area contributed by atoms with Crippen molar-refractivity contribution >= 4 is 23.5 Å². The van der Waals surface area contributed by atoms with Crippen molar-refractivity contribution in [3.05, 3.63) is 63.1 Å². The number of pyridine rings is 1. The minimum absolute atomic E-state index is 0.957. The first-order valence-corrected chi connectivity index (χ1v) is 7.93. The zero-order valence-corrected chi connectivity index (χ0v) is 13.2. The molecule has 0 amide bonds. The number of allylic oxidation sites excluding steroid dienone is 2. The van der Waals surface area contributed by atoms with Crippen molar-refractivity contribution in [1.82, 2.24) is 4.98 Å². The van der Waals surface area contributed by atoms with Crippen molar-refractivity contribution in [3.8, 4) is 0 Å². The molecule has 2 aromatic rings. The van der Waals surface area contributed by atoms with Crippen LogP contribution < -0.4 is 0 Å². The van der Waals surface area contributed by atoms with Crippen LogP contribution in [0.1, 0.15) is 44.0 Å². The summed E-state index contributed by atoms with van der Waals surface area (Å²) >= 11 is 1.72. The molecule has 0 aromatic carbocycles. The maximum atomic E-state index is 4.49. The second-order valence-corrected chi connectivity index (χ2v) is 5.88. The number of hydrogen-bond donors (Lipinski definition) is 0. The maximum absolute atomic E-state index is 4.49. The fourth-order valence-corrected chi connectivity index (χ4v) is 2.76. The second kappa shape index (κ2) is 7.20. The zero-order chi connectivity index (χ0) is 14.4. The molecule has 0 aliphatic carbocycles. The van der Waals surface area contributed by atoms with Gasteiger partial charge in [-0.3, -0.25) is 4.98 Å². The highest BCUT2D eigenvalue weighted by molar-refractivity contribution is 7.08. The number of thiophene rings is 1. The molecule has 0 saturated carbocycles. The lowest BCUT2D eigenvalue weighted by molar-refractivity contribution is 0.936. The quantitative estimate of drug-likeness (QED) is 0.651. The van der Waals surface area contributed by atoms with Gasteiger partial charge in [0.1, 0.15) is 0 Å². The molecule has 0 aliphatic rings. The SMILES string of the molecule is CCC(Cc1cc(/C=C/c2ccsc2)ccn1)=C(C)C. The first-order chi connectivity index (χ1) is 9.69. The molecule has 1 nitrogen and oxygen atoms in total. The average molecular weight is 283 g/mol. The van der Waals surface area contributed by atoms with Crippen LogP contribution >= 0.6 is 11.3 Å². The van der Waals surface area contributed by atoms with Gasteiger partial charge in [0.05, 0.1) is 0 Å². The van der Waals surface area contributed by atoms with E-state index in [-0.39, 0.29) is 0 Å². The van der Waals surface area contributed by atoms with Crippen LogP contribution in [0.15, 0.2) is 46.3 Å². The Hall–Kier alpha value is -1.67. The topological polar surface area (TPSA) is 12.9 Å². The van der Waals surface area contributed by atoms with E-state index in [2.05, 4.69) is 66.9 Å². The summed E-state index contributed by atoms with van der Waals surface area (Å²) < 4.78 is 0. The van der Waals surface area contributed by atoms with Gasteiger partial charge in [-0.1, -0.05) is 30.2 Å². The standard InChI is InChI=1S/C18H21NS/c1-4-17(14(2)3)12-18-11-15(7-9-19-18)5-6-16-8-10-20-13-16/h5-11,13H,4,12H2,1-3H3/b6-5+. The third kappa shape index (κ3) is 4.17. The maximum Gasteiger partial charge on any atom is 0.0450 e.